The fourth-order valence-electron chi connectivity index (χ4n) is 5.69. The summed E-state index contributed by atoms with van der Waals surface area (Å²) in [6.45, 7) is 7.00. The van der Waals surface area contributed by atoms with Gasteiger partial charge in [0.15, 0.2) is 0 Å². The lowest BCUT2D eigenvalue weighted by Gasteiger charge is -2.69. The molecule has 0 amide bonds. The van der Waals surface area contributed by atoms with E-state index in [-0.39, 0.29) is 11.0 Å². The van der Waals surface area contributed by atoms with E-state index in [0.717, 1.165) is 24.7 Å². The fraction of sp³-hybridized carbons (Fsp3) is 1.00. The van der Waals surface area contributed by atoms with Crippen molar-refractivity contribution in [2.75, 3.05) is 0 Å². The second kappa shape index (κ2) is 3.04. The first kappa shape index (κ1) is 11.1. The minimum Gasteiger partial charge on any atom is -0.389 e. The summed E-state index contributed by atoms with van der Waals surface area (Å²) in [5, 5.41) is 11.0. The molecule has 0 aliphatic heterocycles. The first-order valence-electron chi connectivity index (χ1n) is 7.15. The van der Waals surface area contributed by atoms with Crippen LogP contribution in [0.25, 0.3) is 0 Å². The van der Waals surface area contributed by atoms with E-state index >= 15 is 0 Å². The van der Waals surface area contributed by atoms with Crippen LogP contribution < -0.4 is 0 Å². The Bertz CT molecular complexity index is 291. The standard InChI is InChI=1S/C15H26O/c1-4-5-14-7-11-6-12(8-14)10-15(16,9-11)13(14,2)3/h11-12,16H,4-10H2,1-3H3. The van der Waals surface area contributed by atoms with Crippen molar-refractivity contribution < 1.29 is 5.11 Å². The Morgan fingerprint density at radius 2 is 1.62 bits per heavy atom. The molecule has 16 heavy (non-hydrogen) atoms. The van der Waals surface area contributed by atoms with Crippen LogP contribution in [0.1, 0.15) is 65.7 Å². The Balaban J connectivity index is 2.04. The second-order valence-electron chi connectivity index (χ2n) is 7.47. The summed E-state index contributed by atoms with van der Waals surface area (Å²) in [5.74, 6) is 1.66. The van der Waals surface area contributed by atoms with Gasteiger partial charge in [-0.25, -0.2) is 0 Å². The van der Waals surface area contributed by atoms with Crippen LogP contribution in [0, 0.1) is 22.7 Å². The Labute approximate surface area is 99.6 Å². The molecule has 2 atom stereocenters. The van der Waals surface area contributed by atoms with E-state index in [1.165, 1.54) is 32.1 Å². The van der Waals surface area contributed by atoms with E-state index in [1.807, 2.05) is 0 Å². The van der Waals surface area contributed by atoms with Crippen molar-refractivity contribution in [3.8, 4) is 0 Å². The number of rotatable bonds is 2. The maximum absolute atomic E-state index is 11.0. The van der Waals surface area contributed by atoms with Gasteiger partial charge in [-0.15, -0.1) is 0 Å². The van der Waals surface area contributed by atoms with Gasteiger partial charge in [-0.1, -0.05) is 27.2 Å². The SMILES string of the molecule is CCCC12CC3CC(CC(O)(C3)C1(C)C)C2. The molecule has 4 saturated carbocycles. The fourth-order valence-corrected chi connectivity index (χ4v) is 5.69. The van der Waals surface area contributed by atoms with Crippen molar-refractivity contribution in [2.45, 2.75) is 71.3 Å². The van der Waals surface area contributed by atoms with E-state index < -0.39 is 0 Å². The van der Waals surface area contributed by atoms with Crippen LogP contribution in [0.4, 0.5) is 0 Å². The molecule has 0 heterocycles. The molecule has 4 fully saturated rings. The molecule has 4 bridgehead atoms. The third kappa shape index (κ3) is 1.11. The van der Waals surface area contributed by atoms with Crippen LogP contribution in [-0.4, -0.2) is 10.7 Å². The van der Waals surface area contributed by atoms with Crippen LogP contribution >= 0.6 is 0 Å². The van der Waals surface area contributed by atoms with E-state index in [2.05, 4.69) is 20.8 Å². The average Bonchev–Trinajstić information content (AvgIpc) is 2.13. The van der Waals surface area contributed by atoms with Gasteiger partial charge in [-0.2, -0.15) is 0 Å². The predicted octanol–water partition coefficient (Wildman–Crippen LogP) is 3.75. The molecule has 0 aromatic heterocycles. The van der Waals surface area contributed by atoms with Crippen LogP contribution in [-0.2, 0) is 0 Å². The molecule has 0 spiro atoms. The van der Waals surface area contributed by atoms with Gasteiger partial charge in [0.05, 0.1) is 5.60 Å². The quantitative estimate of drug-likeness (QED) is 0.754. The summed E-state index contributed by atoms with van der Waals surface area (Å²) in [5.41, 5.74) is 0.260. The maximum Gasteiger partial charge on any atom is 0.0709 e. The molecular weight excluding hydrogens is 196 g/mol. The van der Waals surface area contributed by atoms with Crippen LogP contribution in [0.3, 0.4) is 0 Å². The van der Waals surface area contributed by atoms with E-state index in [4.69, 9.17) is 0 Å². The minimum absolute atomic E-state index is 0.142. The Kier molecular flexibility index (Phi) is 2.11. The lowest BCUT2D eigenvalue weighted by Crippen LogP contribution is -2.67. The number of hydrogen-bond donors (Lipinski definition) is 1. The summed E-state index contributed by atoms with van der Waals surface area (Å²) in [7, 11) is 0. The molecule has 92 valence electrons. The van der Waals surface area contributed by atoms with Crippen molar-refractivity contribution in [3.63, 3.8) is 0 Å². The van der Waals surface area contributed by atoms with Gasteiger partial charge in [0.25, 0.3) is 0 Å². The van der Waals surface area contributed by atoms with E-state index in [0.29, 0.717) is 5.41 Å². The molecule has 0 aromatic carbocycles. The molecule has 1 heteroatoms. The van der Waals surface area contributed by atoms with Gasteiger partial charge in [0.2, 0.25) is 0 Å². The van der Waals surface area contributed by atoms with Gasteiger partial charge < -0.3 is 5.11 Å². The average molecular weight is 222 g/mol. The van der Waals surface area contributed by atoms with Crippen LogP contribution in [0.2, 0.25) is 0 Å². The molecule has 4 aliphatic carbocycles. The zero-order chi connectivity index (χ0) is 11.6. The molecule has 0 radical (unpaired) electrons. The van der Waals surface area contributed by atoms with Crippen molar-refractivity contribution >= 4 is 0 Å². The minimum atomic E-state index is -0.341. The largest absolute Gasteiger partial charge is 0.389 e. The highest BCUT2D eigenvalue weighted by atomic mass is 16.3. The molecule has 1 nitrogen and oxygen atoms in total. The number of hydrogen-bond acceptors (Lipinski definition) is 1. The van der Waals surface area contributed by atoms with Crippen LogP contribution in [0.5, 0.6) is 0 Å². The molecule has 4 rings (SSSR count). The Morgan fingerprint density at radius 1 is 1.06 bits per heavy atom. The third-order valence-electron chi connectivity index (χ3n) is 6.50. The highest BCUT2D eigenvalue weighted by molar-refractivity contribution is 5.17. The highest BCUT2D eigenvalue weighted by Gasteiger charge is 2.66. The molecule has 2 unspecified atom stereocenters. The maximum atomic E-state index is 11.0. The van der Waals surface area contributed by atoms with Gasteiger partial charge in [-0.3, -0.25) is 0 Å². The van der Waals surface area contributed by atoms with Gasteiger partial charge >= 0.3 is 0 Å². The molecule has 0 aromatic rings. The monoisotopic (exact) mass is 222 g/mol. The lowest BCUT2D eigenvalue weighted by atomic mass is 9.37. The zero-order valence-electron chi connectivity index (χ0n) is 11.1. The van der Waals surface area contributed by atoms with Gasteiger partial charge in [-0.05, 0) is 61.2 Å². The van der Waals surface area contributed by atoms with Gasteiger partial charge in [0, 0.05) is 0 Å². The normalized spacial score (nSPS) is 53.2. The number of aliphatic hydroxyl groups is 1. The summed E-state index contributed by atoms with van der Waals surface area (Å²) >= 11 is 0. The molecule has 1 N–H and O–H groups in total. The summed E-state index contributed by atoms with van der Waals surface area (Å²) < 4.78 is 0. The van der Waals surface area contributed by atoms with Crippen molar-refractivity contribution in [1.29, 1.82) is 0 Å². The second-order valence-corrected chi connectivity index (χ2v) is 7.47. The molecule has 4 aliphatic rings. The topological polar surface area (TPSA) is 20.2 Å². The Morgan fingerprint density at radius 3 is 2.12 bits per heavy atom. The van der Waals surface area contributed by atoms with E-state index in [1.54, 1.807) is 0 Å². The lowest BCUT2D eigenvalue weighted by molar-refractivity contribution is -0.258. The van der Waals surface area contributed by atoms with Crippen molar-refractivity contribution in [2.24, 2.45) is 22.7 Å². The third-order valence-corrected chi connectivity index (χ3v) is 6.50. The van der Waals surface area contributed by atoms with Crippen molar-refractivity contribution in [1.82, 2.24) is 0 Å². The Hall–Kier alpha value is -0.0400. The van der Waals surface area contributed by atoms with Crippen LogP contribution in [0.15, 0.2) is 0 Å². The highest BCUT2D eigenvalue weighted by Crippen LogP contribution is 2.71. The first-order valence-corrected chi connectivity index (χ1v) is 7.15. The summed E-state index contributed by atoms with van der Waals surface area (Å²) in [6.07, 6.45) is 8.97. The smallest absolute Gasteiger partial charge is 0.0709 e. The molecule has 0 saturated heterocycles. The zero-order valence-corrected chi connectivity index (χ0v) is 11.1. The van der Waals surface area contributed by atoms with Gasteiger partial charge in [0.1, 0.15) is 0 Å². The predicted molar refractivity (Wildman–Crippen MR) is 66.1 cm³/mol. The van der Waals surface area contributed by atoms with E-state index in [9.17, 15) is 5.11 Å². The van der Waals surface area contributed by atoms with Crippen molar-refractivity contribution in [3.05, 3.63) is 0 Å². The summed E-state index contributed by atoms with van der Waals surface area (Å²) in [4.78, 5) is 0. The summed E-state index contributed by atoms with van der Waals surface area (Å²) in [6, 6.07) is 0. The molecular formula is C15H26O. The first-order chi connectivity index (χ1) is 7.42.